The van der Waals surface area contributed by atoms with Gasteiger partial charge in [-0.15, -0.1) is 0 Å². The second-order valence-corrected chi connectivity index (χ2v) is 6.57. The number of Topliss-reactive ketones (excluding diaryl/α,β-unsaturated/α-hetero) is 1. The first-order valence-corrected chi connectivity index (χ1v) is 9.17. The Kier molecular flexibility index (Phi) is 4.94. The summed E-state index contributed by atoms with van der Waals surface area (Å²) in [6.07, 6.45) is 2.70. The van der Waals surface area contributed by atoms with Crippen molar-refractivity contribution in [1.29, 1.82) is 0 Å². The molecule has 3 aromatic carbocycles. The van der Waals surface area contributed by atoms with E-state index < -0.39 is 0 Å². The van der Waals surface area contributed by atoms with Gasteiger partial charge in [0.2, 0.25) is 5.78 Å². The molecule has 0 atom stereocenters. The normalized spacial score (nSPS) is 14.1. The molecule has 3 aromatic rings. The van der Waals surface area contributed by atoms with Gasteiger partial charge in [-0.2, -0.15) is 0 Å². The van der Waals surface area contributed by atoms with Crippen molar-refractivity contribution in [3.05, 3.63) is 101 Å². The van der Waals surface area contributed by atoms with Crippen molar-refractivity contribution in [3.8, 4) is 11.5 Å². The summed E-state index contributed by atoms with van der Waals surface area (Å²) in [5.74, 6) is 0.783. The highest BCUT2D eigenvalue weighted by molar-refractivity contribution is 6.14. The average Bonchev–Trinajstić information content (AvgIpc) is 3.03. The van der Waals surface area contributed by atoms with Crippen LogP contribution in [-0.4, -0.2) is 5.78 Å². The van der Waals surface area contributed by atoms with E-state index in [9.17, 15) is 9.18 Å². The standard InChI is InChI=1S/C24H19FO3/c1-2-16-7-9-17(10-8-16)13-23-24(26)20-12-11-19(14-22(20)28-23)27-15-18-5-3-4-6-21(18)25/h3-14H,2,15H2,1H3/b23-13-. The molecular weight excluding hydrogens is 355 g/mol. The third-order valence-electron chi connectivity index (χ3n) is 4.68. The van der Waals surface area contributed by atoms with Crippen molar-refractivity contribution in [2.45, 2.75) is 20.0 Å². The molecule has 140 valence electrons. The average molecular weight is 374 g/mol. The summed E-state index contributed by atoms with van der Waals surface area (Å²) >= 11 is 0. The number of allylic oxidation sites excluding steroid dienone is 1. The first-order valence-electron chi connectivity index (χ1n) is 9.17. The van der Waals surface area contributed by atoms with Crippen molar-refractivity contribution in [3.63, 3.8) is 0 Å². The van der Waals surface area contributed by atoms with Crippen LogP contribution in [0.4, 0.5) is 4.39 Å². The third-order valence-corrected chi connectivity index (χ3v) is 4.68. The van der Waals surface area contributed by atoms with E-state index in [0.29, 0.717) is 22.6 Å². The van der Waals surface area contributed by atoms with E-state index in [1.165, 1.54) is 11.6 Å². The van der Waals surface area contributed by atoms with Crippen LogP contribution >= 0.6 is 0 Å². The molecule has 4 rings (SSSR count). The smallest absolute Gasteiger partial charge is 0.231 e. The van der Waals surface area contributed by atoms with Crippen LogP contribution in [0, 0.1) is 5.82 Å². The summed E-state index contributed by atoms with van der Waals surface area (Å²) in [6, 6.07) is 19.5. The van der Waals surface area contributed by atoms with E-state index >= 15 is 0 Å². The van der Waals surface area contributed by atoms with Crippen LogP contribution in [0.1, 0.15) is 34.0 Å². The van der Waals surface area contributed by atoms with Crippen LogP contribution in [-0.2, 0) is 13.0 Å². The monoisotopic (exact) mass is 374 g/mol. The molecule has 3 nitrogen and oxygen atoms in total. The van der Waals surface area contributed by atoms with Gasteiger partial charge in [0.25, 0.3) is 0 Å². The Balaban J connectivity index is 1.50. The van der Waals surface area contributed by atoms with E-state index in [1.54, 1.807) is 42.5 Å². The molecule has 0 bridgehead atoms. The van der Waals surface area contributed by atoms with E-state index in [-0.39, 0.29) is 24.0 Å². The van der Waals surface area contributed by atoms with E-state index in [1.807, 2.05) is 24.3 Å². The van der Waals surface area contributed by atoms with Crippen molar-refractivity contribution >= 4 is 11.9 Å². The van der Waals surface area contributed by atoms with Crippen molar-refractivity contribution < 1.29 is 18.7 Å². The number of fused-ring (bicyclic) bond motifs is 1. The molecule has 4 heteroatoms. The Bertz CT molecular complexity index is 1050. The maximum atomic E-state index is 13.7. The predicted octanol–water partition coefficient (Wildman–Crippen LogP) is 5.58. The van der Waals surface area contributed by atoms with Gasteiger partial charge in [-0.05, 0) is 41.8 Å². The quantitative estimate of drug-likeness (QED) is 0.547. The van der Waals surface area contributed by atoms with Crippen LogP contribution in [0.5, 0.6) is 11.5 Å². The Hall–Kier alpha value is -3.40. The molecule has 0 aliphatic carbocycles. The zero-order valence-corrected chi connectivity index (χ0v) is 15.4. The lowest BCUT2D eigenvalue weighted by atomic mass is 10.1. The third kappa shape index (κ3) is 3.67. The summed E-state index contributed by atoms with van der Waals surface area (Å²) in [5.41, 5.74) is 3.11. The highest BCUT2D eigenvalue weighted by Crippen LogP contribution is 2.35. The van der Waals surface area contributed by atoms with Gasteiger partial charge in [0.05, 0.1) is 5.56 Å². The van der Waals surface area contributed by atoms with Crippen LogP contribution < -0.4 is 9.47 Å². The van der Waals surface area contributed by atoms with Crippen LogP contribution in [0.2, 0.25) is 0 Å². The van der Waals surface area contributed by atoms with E-state index in [2.05, 4.69) is 6.92 Å². The first kappa shape index (κ1) is 18.0. The molecular formula is C24H19FO3. The molecule has 28 heavy (non-hydrogen) atoms. The number of halogens is 1. The van der Waals surface area contributed by atoms with Gasteiger partial charge in [-0.25, -0.2) is 4.39 Å². The fourth-order valence-corrected chi connectivity index (χ4v) is 3.03. The Labute approximate surface area is 163 Å². The zero-order chi connectivity index (χ0) is 19.5. The lowest BCUT2D eigenvalue weighted by molar-refractivity contribution is 0.101. The molecule has 1 aliphatic heterocycles. The van der Waals surface area contributed by atoms with Crippen molar-refractivity contribution in [2.24, 2.45) is 0 Å². The SMILES string of the molecule is CCc1ccc(/C=C2\Oc3cc(OCc4ccccc4F)ccc3C2=O)cc1. The summed E-state index contributed by atoms with van der Waals surface area (Å²) in [7, 11) is 0. The minimum atomic E-state index is -0.311. The lowest BCUT2D eigenvalue weighted by Crippen LogP contribution is -1.98. The molecule has 0 saturated heterocycles. The van der Waals surface area contributed by atoms with Crippen LogP contribution in [0.25, 0.3) is 6.08 Å². The fraction of sp³-hybridized carbons (Fsp3) is 0.125. The highest BCUT2D eigenvalue weighted by Gasteiger charge is 2.27. The summed E-state index contributed by atoms with van der Waals surface area (Å²) < 4.78 is 25.1. The minimum Gasteiger partial charge on any atom is -0.489 e. The number of carbonyl (C=O) groups is 1. The first-order chi connectivity index (χ1) is 13.6. The number of carbonyl (C=O) groups excluding carboxylic acids is 1. The van der Waals surface area contributed by atoms with Gasteiger partial charge >= 0.3 is 0 Å². The number of hydrogen-bond acceptors (Lipinski definition) is 3. The Morgan fingerprint density at radius 3 is 2.57 bits per heavy atom. The molecule has 0 fully saturated rings. The van der Waals surface area contributed by atoms with Gasteiger partial charge in [-0.3, -0.25) is 4.79 Å². The van der Waals surface area contributed by atoms with Crippen LogP contribution in [0.3, 0.4) is 0 Å². The lowest BCUT2D eigenvalue weighted by Gasteiger charge is -2.08. The summed E-state index contributed by atoms with van der Waals surface area (Å²) in [6.45, 7) is 2.20. The van der Waals surface area contributed by atoms with Gasteiger partial charge in [0.1, 0.15) is 23.9 Å². The predicted molar refractivity (Wildman–Crippen MR) is 106 cm³/mol. The summed E-state index contributed by atoms with van der Waals surface area (Å²) in [4.78, 5) is 12.6. The molecule has 0 N–H and O–H groups in total. The van der Waals surface area contributed by atoms with Crippen LogP contribution in [0.15, 0.2) is 72.5 Å². The number of rotatable bonds is 5. The number of ketones is 1. The van der Waals surface area contributed by atoms with Crippen molar-refractivity contribution in [2.75, 3.05) is 0 Å². The number of hydrogen-bond donors (Lipinski definition) is 0. The number of benzene rings is 3. The zero-order valence-electron chi connectivity index (χ0n) is 15.4. The highest BCUT2D eigenvalue weighted by atomic mass is 19.1. The van der Waals surface area contributed by atoms with Crippen molar-refractivity contribution in [1.82, 2.24) is 0 Å². The number of aryl methyl sites for hydroxylation is 1. The largest absolute Gasteiger partial charge is 0.489 e. The molecule has 0 saturated carbocycles. The van der Waals surface area contributed by atoms with Gasteiger partial charge < -0.3 is 9.47 Å². The maximum absolute atomic E-state index is 13.7. The molecule has 0 unspecified atom stereocenters. The molecule has 0 spiro atoms. The molecule has 0 radical (unpaired) electrons. The van der Waals surface area contributed by atoms with E-state index in [0.717, 1.165) is 12.0 Å². The molecule has 0 amide bonds. The topological polar surface area (TPSA) is 35.5 Å². The maximum Gasteiger partial charge on any atom is 0.231 e. The molecule has 0 aromatic heterocycles. The Morgan fingerprint density at radius 2 is 1.82 bits per heavy atom. The Morgan fingerprint density at radius 1 is 1.04 bits per heavy atom. The van der Waals surface area contributed by atoms with Gasteiger partial charge in [0, 0.05) is 11.6 Å². The van der Waals surface area contributed by atoms with E-state index in [4.69, 9.17) is 9.47 Å². The van der Waals surface area contributed by atoms with Gasteiger partial charge in [-0.1, -0.05) is 49.4 Å². The van der Waals surface area contributed by atoms with Gasteiger partial charge in [0.15, 0.2) is 5.76 Å². The number of ether oxygens (including phenoxy) is 2. The fourth-order valence-electron chi connectivity index (χ4n) is 3.03. The second kappa shape index (κ2) is 7.69. The second-order valence-electron chi connectivity index (χ2n) is 6.57. The summed E-state index contributed by atoms with van der Waals surface area (Å²) in [5, 5.41) is 0. The molecule has 1 aliphatic rings. The molecule has 1 heterocycles. The minimum absolute atomic E-state index is 0.103.